The van der Waals surface area contributed by atoms with Crippen LogP contribution in [0.25, 0.3) is 11.3 Å². The van der Waals surface area contributed by atoms with E-state index in [-0.39, 0.29) is 23.7 Å². The van der Waals surface area contributed by atoms with Gasteiger partial charge in [-0.15, -0.1) is 0 Å². The van der Waals surface area contributed by atoms with Gasteiger partial charge in [-0.3, -0.25) is 0 Å². The summed E-state index contributed by atoms with van der Waals surface area (Å²) in [6.07, 6.45) is 2.81. The predicted octanol–water partition coefficient (Wildman–Crippen LogP) is 4.67. The quantitative estimate of drug-likeness (QED) is 0.218. The van der Waals surface area contributed by atoms with Crippen LogP contribution < -0.4 is 9.82 Å². The van der Waals surface area contributed by atoms with Crippen molar-refractivity contribution in [2.24, 2.45) is 0 Å². The van der Waals surface area contributed by atoms with E-state index in [4.69, 9.17) is 14.5 Å². The first-order valence-electron chi connectivity index (χ1n) is 10.2. The van der Waals surface area contributed by atoms with Crippen LogP contribution in [0, 0.1) is 0 Å². The average Bonchev–Trinajstić information content (AvgIpc) is 3.20. The molecular formula is C20H29F3N3O4P. The summed E-state index contributed by atoms with van der Waals surface area (Å²) in [4.78, 5) is 24.9. The van der Waals surface area contributed by atoms with Crippen molar-refractivity contribution in [1.29, 1.82) is 0 Å². The number of rotatable bonds is 13. The van der Waals surface area contributed by atoms with E-state index in [2.05, 4.69) is 22.0 Å². The first-order valence-corrected chi connectivity index (χ1v) is 11.4. The molecule has 0 radical (unpaired) electrons. The Bertz CT molecular complexity index is 802. The number of hydrogen-bond donors (Lipinski definition) is 5. The zero-order valence-electron chi connectivity index (χ0n) is 17.3. The fourth-order valence-electron chi connectivity index (χ4n) is 3.10. The van der Waals surface area contributed by atoms with Crippen molar-refractivity contribution < 1.29 is 32.8 Å². The van der Waals surface area contributed by atoms with Crippen LogP contribution in [0.4, 0.5) is 13.2 Å². The number of ether oxygens (including phenoxy) is 1. The number of nitrogens with one attached hydrogen (secondary N) is 2. The lowest BCUT2D eigenvalue weighted by atomic mass is 10.1. The minimum Gasteiger partial charge on any atom is -0.493 e. The molecule has 174 valence electrons. The number of aromatic nitrogens is 2. The number of aliphatic hydroxyl groups is 1. The third-order valence-corrected chi connectivity index (χ3v) is 5.27. The molecule has 0 amide bonds. The van der Waals surface area contributed by atoms with E-state index in [1.807, 2.05) is 0 Å². The molecule has 1 heterocycles. The van der Waals surface area contributed by atoms with E-state index in [0.29, 0.717) is 12.1 Å². The first kappa shape index (κ1) is 25.5. The van der Waals surface area contributed by atoms with E-state index in [1.165, 1.54) is 18.3 Å². The van der Waals surface area contributed by atoms with E-state index < -0.39 is 32.9 Å². The average molecular weight is 463 g/mol. The molecule has 0 fully saturated rings. The second-order valence-corrected chi connectivity index (χ2v) is 8.00. The van der Waals surface area contributed by atoms with Crippen molar-refractivity contribution >= 4 is 8.53 Å². The Morgan fingerprint density at radius 3 is 2.52 bits per heavy atom. The summed E-state index contributed by atoms with van der Waals surface area (Å²) >= 11 is 0. The molecular weight excluding hydrogens is 434 g/mol. The summed E-state index contributed by atoms with van der Waals surface area (Å²) in [5, 5.41) is 11.7. The van der Waals surface area contributed by atoms with E-state index >= 15 is 0 Å². The highest BCUT2D eigenvalue weighted by Gasteiger charge is 2.35. The van der Waals surface area contributed by atoms with E-state index in [1.54, 1.807) is 0 Å². The van der Waals surface area contributed by atoms with E-state index in [0.717, 1.165) is 38.2 Å². The number of halogens is 3. The van der Waals surface area contributed by atoms with Crippen LogP contribution in [-0.4, -0.2) is 38.1 Å². The molecule has 31 heavy (non-hydrogen) atoms. The summed E-state index contributed by atoms with van der Waals surface area (Å²) in [5.41, 5.74) is -0.341. The molecule has 5 N–H and O–H groups in total. The lowest BCUT2D eigenvalue weighted by Gasteiger charge is -2.15. The van der Waals surface area contributed by atoms with Gasteiger partial charge in [0, 0.05) is 5.56 Å². The maximum Gasteiger partial charge on any atom is 0.419 e. The van der Waals surface area contributed by atoms with Crippen molar-refractivity contribution in [3.63, 3.8) is 0 Å². The van der Waals surface area contributed by atoms with Crippen LogP contribution in [0.3, 0.4) is 0 Å². The molecule has 1 atom stereocenters. The maximum absolute atomic E-state index is 13.6. The van der Waals surface area contributed by atoms with Crippen LogP contribution in [0.2, 0.25) is 0 Å². The number of benzene rings is 1. The number of nitrogens with zero attached hydrogens (tertiary/aromatic N) is 1. The zero-order valence-corrected chi connectivity index (χ0v) is 18.2. The van der Waals surface area contributed by atoms with Crippen molar-refractivity contribution in [1.82, 2.24) is 15.1 Å². The van der Waals surface area contributed by atoms with Crippen LogP contribution in [0.5, 0.6) is 5.75 Å². The Kier molecular flexibility index (Phi) is 10.2. The molecule has 0 saturated carbocycles. The minimum absolute atomic E-state index is 0.171. The second-order valence-electron chi connectivity index (χ2n) is 7.16. The Labute approximate surface area is 180 Å². The first-order chi connectivity index (χ1) is 14.8. The Morgan fingerprint density at radius 2 is 1.87 bits per heavy atom. The smallest absolute Gasteiger partial charge is 0.419 e. The number of aromatic amines is 1. The fraction of sp³-hybridized carbons (Fsp3) is 0.550. The monoisotopic (exact) mass is 463 g/mol. The summed E-state index contributed by atoms with van der Waals surface area (Å²) in [7, 11) is -2.49. The van der Waals surface area contributed by atoms with Gasteiger partial charge < -0.3 is 24.6 Å². The van der Waals surface area contributed by atoms with Gasteiger partial charge in [-0.1, -0.05) is 39.0 Å². The number of H-pyrrole nitrogens is 1. The van der Waals surface area contributed by atoms with Gasteiger partial charge in [-0.05, 0) is 24.6 Å². The number of unbranched alkanes of at least 4 members (excludes halogenated alkanes) is 5. The van der Waals surface area contributed by atoms with Gasteiger partial charge in [0.2, 0.25) is 0 Å². The molecule has 0 aliphatic heterocycles. The second kappa shape index (κ2) is 12.4. The van der Waals surface area contributed by atoms with Crippen molar-refractivity contribution in [2.75, 3.05) is 13.2 Å². The maximum atomic E-state index is 13.6. The summed E-state index contributed by atoms with van der Waals surface area (Å²) in [6.45, 7) is 1.86. The molecule has 0 spiro atoms. The third kappa shape index (κ3) is 8.05. The van der Waals surface area contributed by atoms with Crippen LogP contribution in [0.1, 0.15) is 62.9 Å². The molecule has 1 aromatic carbocycles. The van der Waals surface area contributed by atoms with Crippen molar-refractivity contribution in [3.05, 3.63) is 35.8 Å². The lowest BCUT2D eigenvalue weighted by Crippen LogP contribution is -2.20. The molecule has 0 bridgehead atoms. The van der Waals surface area contributed by atoms with Crippen molar-refractivity contribution in [3.8, 4) is 17.0 Å². The number of hydrogen-bond acceptors (Lipinski definition) is 6. The van der Waals surface area contributed by atoms with E-state index in [9.17, 15) is 18.3 Å². The van der Waals surface area contributed by atoms with Gasteiger partial charge in [0.15, 0.2) is 0 Å². The summed E-state index contributed by atoms with van der Waals surface area (Å²) in [5.74, 6) is -0.0456. The van der Waals surface area contributed by atoms with Gasteiger partial charge >= 0.3 is 6.18 Å². The molecule has 0 saturated heterocycles. The molecule has 2 rings (SSSR count). The van der Waals surface area contributed by atoms with Gasteiger partial charge in [-0.25, -0.2) is 10.1 Å². The Morgan fingerprint density at radius 1 is 1.16 bits per heavy atom. The van der Waals surface area contributed by atoms with Gasteiger partial charge in [0.25, 0.3) is 8.53 Å². The Hall–Kier alpha value is -1.71. The highest BCUT2D eigenvalue weighted by Crippen LogP contribution is 2.39. The number of imidazole rings is 1. The third-order valence-electron chi connectivity index (χ3n) is 4.73. The molecule has 0 aliphatic rings. The molecule has 11 heteroatoms. The van der Waals surface area contributed by atoms with Crippen LogP contribution in [0.15, 0.2) is 24.4 Å². The normalized spacial score (nSPS) is 13.0. The zero-order chi connectivity index (χ0) is 22.9. The molecule has 2 aromatic rings. The predicted molar refractivity (Wildman–Crippen MR) is 112 cm³/mol. The Balaban J connectivity index is 2.11. The lowest BCUT2D eigenvalue weighted by molar-refractivity contribution is -0.138. The minimum atomic E-state index is -4.59. The highest BCUT2D eigenvalue weighted by atomic mass is 31.2. The SMILES string of the molecule is CCCCCCCCOc1ccc(-c2cnc(C(CO)NP(O)O)[nH]2)cc1C(F)(F)F. The summed E-state index contributed by atoms with van der Waals surface area (Å²) < 4.78 is 46.2. The molecule has 1 unspecified atom stereocenters. The van der Waals surface area contributed by atoms with Crippen LogP contribution in [-0.2, 0) is 6.18 Å². The standard InChI is InChI=1S/C20H29F3N3O4P/c1-2-3-4-5-6-7-10-30-18-9-8-14(11-15(18)20(21,22)23)16-12-24-19(25-16)17(13-27)26-31(28)29/h8-9,11-12,17,26-29H,2-7,10,13H2,1H3,(H,24,25). The fourth-order valence-corrected chi connectivity index (χ4v) is 3.58. The summed E-state index contributed by atoms with van der Waals surface area (Å²) in [6, 6.07) is 2.88. The number of alkyl halides is 3. The molecule has 1 aromatic heterocycles. The van der Waals surface area contributed by atoms with Gasteiger partial charge in [-0.2, -0.15) is 13.2 Å². The van der Waals surface area contributed by atoms with Gasteiger partial charge in [0.05, 0.1) is 36.7 Å². The molecule has 7 nitrogen and oxygen atoms in total. The number of aliphatic hydroxyl groups excluding tert-OH is 1. The molecule has 0 aliphatic carbocycles. The van der Waals surface area contributed by atoms with Gasteiger partial charge in [0.1, 0.15) is 11.6 Å². The largest absolute Gasteiger partial charge is 0.493 e. The van der Waals surface area contributed by atoms with Crippen LogP contribution >= 0.6 is 8.53 Å². The topological polar surface area (TPSA) is 111 Å². The van der Waals surface area contributed by atoms with Crippen molar-refractivity contribution in [2.45, 2.75) is 57.7 Å². The highest BCUT2D eigenvalue weighted by molar-refractivity contribution is 7.42.